The number of amides is 1. The lowest BCUT2D eigenvalue weighted by molar-refractivity contribution is 0.0697. The summed E-state index contributed by atoms with van der Waals surface area (Å²) in [4.78, 5) is 14.6. The van der Waals surface area contributed by atoms with Crippen molar-refractivity contribution in [1.82, 2.24) is 4.90 Å². The maximum atomic E-state index is 12.5. The van der Waals surface area contributed by atoms with Crippen LogP contribution in [0.2, 0.25) is 0 Å². The largest absolute Gasteiger partial charge is 0.339 e. The molecule has 0 unspecified atom stereocenters. The fraction of sp³-hybridized carbons (Fsp3) is 0.350. The van der Waals surface area contributed by atoms with Crippen molar-refractivity contribution < 1.29 is 13.2 Å². The highest BCUT2D eigenvalue weighted by Gasteiger charge is 2.21. The number of piperidine rings is 1. The van der Waals surface area contributed by atoms with Gasteiger partial charge in [-0.3, -0.25) is 9.52 Å². The van der Waals surface area contributed by atoms with Gasteiger partial charge in [0.25, 0.3) is 15.9 Å². The van der Waals surface area contributed by atoms with Crippen LogP contribution in [0.5, 0.6) is 0 Å². The van der Waals surface area contributed by atoms with E-state index in [2.05, 4.69) is 11.6 Å². The Kier molecular flexibility index (Phi) is 5.32. The van der Waals surface area contributed by atoms with Gasteiger partial charge in [-0.15, -0.1) is 0 Å². The third kappa shape index (κ3) is 4.25. The number of likely N-dealkylation sites (tertiary alicyclic amines) is 1. The molecule has 1 N–H and O–H groups in total. The third-order valence-electron chi connectivity index (χ3n) is 4.79. The molecule has 0 aromatic heterocycles. The highest BCUT2D eigenvalue weighted by atomic mass is 32.2. The maximum absolute atomic E-state index is 12.5. The standard InChI is InChI=1S/C20H24N2O3S/c1-15-3-9-19(10-4-15)26(24,25)21-18-7-5-17(6-8-18)20(23)22-13-11-16(2)12-14-22/h3-10,16,21H,11-14H2,1-2H3. The quantitative estimate of drug-likeness (QED) is 0.890. The summed E-state index contributed by atoms with van der Waals surface area (Å²) in [5.41, 5.74) is 2.02. The van der Waals surface area contributed by atoms with Crippen molar-refractivity contribution in [1.29, 1.82) is 0 Å². The summed E-state index contributed by atoms with van der Waals surface area (Å²) in [7, 11) is -3.64. The van der Waals surface area contributed by atoms with Gasteiger partial charge in [-0.05, 0) is 62.1 Å². The van der Waals surface area contributed by atoms with Crippen LogP contribution in [0.1, 0.15) is 35.7 Å². The van der Waals surface area contributed by atoms with Crippen molar-refractivity contribution in [3.63, 3.8) is 0 Å². The van der Waals surface area contributed by atoms with Crippen LogP contribution in [0.4, 0.5) is 5.69 Å². The number of carbonyl (C=O) groups is 1. The van der Waals surface area contributed by atoms with E-state index in [1.54, 1.807) is 48.5 Å². The van der Waals surface area contributed by atoms with Gasteiger partial charge in [-0.2, -0.15) is 0 Å². The summed E-state index contributed by atoms with van der Waals surface area (Å²) in [5, 5.41) is 0. The van der Waals surface area contributed by atoms with Crippen LogP contribution >= 0.6 is 0 Å². The molecule has 0 aliphatic carbocycles. The van der Waals surface area contributed by atoms with E-state index in [-0.39, 0.29) is 10.8 Å². The maximum Gasteiger partial charge on any atom is 0.261 e. The summed E-state index contributed by atoms with van der Waals surface area (Å²) in [6, 6.07) is 13.3. The van der Waals surface area contributed by atoms with Crippen LogP contribution in [0.3, 0.4) is 0 Å². The first-order valence-corrected chi connectivity index (χ1v) is 10.3. The molecule has 1 saturated heterocycles. The lowest BCUT2D eigenvalue weighted by Gasteiger charge is -2.30. The van der Waals surface area contributed by atoms with Gasteiger partial charge in [0.1, 0.15) is 0 Å². The van der Waals surface area contributed by atoms with Crippen molar-refractivity contribution >= 4 is 21.6 Å². The van der Waals surface area contributed by atoms with Gasteiger partial charge >= 0.3 is 0 Å². The Morgan fingerprint density at radius 2 is 1.58 bits per heavy atom. The highest BCUT2D eigenvalue weighted by molar-refractivity contribution is 7.92. The van der Waals surface area contributed by atoms with E-state index in [4.69, 9.17) is 0 Å². The van der Waals surface area contributed by atoms with E-state index in [0.717, 1.165) is 31.5 Å². The molecule has 0 spiro atoms. The first kappa shape index (κ1) is 18.5. The van der Waals surface area contributed by atoms with Crippen LogP contribution in [0, 0.1) is 12.8 Å². The van der Waals surface area contributed by atoms with Crippen LogP contribution < -0.4 is 4.72 Å². The van der Waals surface area contributed by atoms with Gasteiger partial charge in [-0.25, -0.2) is 8.42 Å². The zero-order valence-electron chi connectivity index (χ0n) is 15.1. The van der Waals surface area contributed by atoms with Gasteiger partial charge in [0.15, 0.2) is 0 Å². The van der Waals surface area contributed by atoms with Crippen LogP contribution in [-0.2, 0) is 10.0 Å². The molecule has 6 heteroatoms. The Hall–Kier alpha value is -2.34. The topological polar surface area (TPSA) is 66.5 Å². The molecule has 1 aliphatic heterocycles. The second-order valence-electron chi connectivity index (χ2n) is 6.97. The number of nitrogens with one attached hydrogen (secondary N) is 1. The highest BCUT2D eigenvalue weighted by Crippen LogP contribution is 2.20. The number of hydrogen-bond acceptors (Lipinski definition) is 3. The van der Waals surface area contributed by atoms with Crippen molar-refractivity contribution in [2.24, 2.45) is 5.92 Å². The number of anilines is 1. The summed E-state index contributed by atoms with van der Waals surface area (Å²) in [5.74, 6) is 0.669. The van der Waals surface area contributed by atoms with Crippen LogP contribution in [0.15, 0.2) is 53.4 Å². The Bertz CT molecular complexity index is 866. The summed E-state index contributed by atoms with van der Waals surface area (Å²) >= 11 is 0. The van der Waals surface area contributed by atoms with E-state index >= 15 is 0 Å². The Labute approximate surface area is 155 Å². The molecule has 2 aromatic rings. The number of hydrogen-bond donors (Lipinski definition) is 1. The van der Waals surface area contributed by atoms with Gasteiger partial charge in [0.2, 0.25) is 0 Å². The molecule has 5 nitrogen and oxygen atoms in total. The molecule has 0 saturated carbocycles. The molecule has 3 rings (SSSR count). The first-order valence-electron chi connectivity index (χ1n) is 8.84. The van der Waals surface area contributed by atoms with E-state index < -0.39 is 10.0 Å². The lowest BCUT2D eigenvalue weighted by atomic mass is 9.98. The van der Waals surface area contributed by atoms with Crippen LogP contribution in [-0.4, -0.2) is 32.3 Å². The molecule has 2 aromatic carbocycles. The first-order chi connectivity index (χ1) is 12.3. The predicted molar refractivity (Wildman–Crippen MR) is 103 cm³/mol. The summed E-state index contributed by atoms with van der Waals surface area (Å²) in [6.45, 7) is 5.67. The normalized spacial score (nSPS) is 15.7. The number of sulfonamides is 1. The zero-order valence-corrected chi connectivity index (χ0v) is 15.9. The third-order valence-corrected chi connectivity index (χ3v) is 6.18. The number of nitrogens with zero attached hydrogens (tertiary/aromatic N) is 1. The van der Waals surface area contributed by atoms with E-state index in [0.29, 0.717) is 17.2 Å². The van der Waals surface area contributed by atoms with Crippen molar-refractivity contribution in [3.8, 4) is 0 Å². The number of rotatable bonds is 4. The van der Waals surface area contributed by atoms with Crippen molar-refractivity contribution in [2.75, 3.05) is 17.8 Å². The summed E-state index contributed by atoms with van der Waals surface area (Å²) < 4.78 is 27.4. The molecule has 0 atom stereocenters. The van der Waals surface area contributed by atoms with Gasteiger partial charge in [-0.1, -0.05) is 24.6 Å². The zero-order chi connectivity index (χ0) is 18.7. The molecule has 26 heavy (non-hydrogen) atoms. The Morgan fingerprint density at radius 3 is 2.15 bits per heavy atom. The number of benzene rings is 2. The monoisotopic (exact) mass is 372 g/mol. The number of carbonyl (C=O) groups excluding carboxylic acids is 1. The minimum absolute atomic E-state index is 0.00448. The van der Waals surface area contributed by atoms with Crippen LogP contribution in [0.25, 0.3) is 0 Å². The second-order valence-corrected chi connectivity index (χ2v) is 8.65. The average molecular weight is 372 g/mol. The van der Waals surface area contributed by atoms with Crippen molar-refractivity contribution in [3.05, 3.63) is 59.7 Å². The molecular formula is C20H24N2O3S. The SMILES string of the molecule is Cc1ccc(S(=O)(=O)Nc2ccc(C(=O)N3CCC(C)CC3)cc2)cc1. The lowest BCUT2D eigenvalue weighted by Crippen LogP contribution is -2.37. The fourth-order valence-electron chi connectivity index (χ4n) is 3.01. The van der Waals surface area contributed by atoms with E-state index in [1.807, 2.05) is 11.8 Å². The number of aryl methyl sites for hydroxylation is 1. The average Bonchev–Trinajstić information content (AvgIpc) is 2.62. The molecule has 138 valence electrons. The van der Waals surface area contributed by atoms with E-state index in [1.165, 1.54) is 0 Å². The molecule has 0 bridgehead atoms. The molecular weight excluding hydrogens is 348 g/mol. The van der Waals surface area contributed by atoms with Gasteiger partial charge < -0.3 is 4.90 Å². The molecule has 1 heterocycles. The predicted octanol–water partition coefficient (Wildman–Crippen LogP) is 3.67. The molecule has 1 fully saturated rings. The molecule has 1 amide bonds. The molecule has 0 radical (unpaired) electrons. The van der Waals surface area contributed by atoms with Gasteiger partial charge in [0.05, 0.1) is 4.90 Å². The Morgan fingerprint density at radius 1 is 1.00 bits per heavy atom. The summed E-state index contributed by atoms with van der Waals surface area (Å²) in [6.07, 6.45) is 2.06. The minimum atomic E-state index is -3.64. The minimum Gasteiger partial charge on any atom is -0.339 e. The smallest absolute Gasteiger partial charge is 0.261 e. The van der Waals surface area contributed by atoms with Gasteiger partial charge in [0, 0.05) is 24.3 Å². The van der Waals surface area contributed by atoms with Crippen molar-refractivity contribution in [2.45, 2.75) is 31.6 Å². The fourth-order valence-corrected chi connectivity index (χ4v) is 4.07. The molecule has 1 aliphatic rings. The Balaban J connectivity index is 1.69. The van der Waals surface area contributed by atoms with E-state index in [9.17, 15) is 13.2 Å². The second kappa shape index (κ2) is 7.50.